The molecular formula is C23H29NO2. The van der Waals surface area contributed by atoms with Crippen molar-refractivity contribution in [2.45, 2.75) is 51.8 Å². The van der Waals surface area contributed by atoms with Gasteiger partial charge < -0.3 is 4.74 Å². The van der Waals surface area contributed by atoms with Gasteiger partial charge in [0.05, 0.1) is 5.56 Å². The Bertz CT molecular complexity index is 728. The van der Waals surface area contributed by atoms with Gasteiger partial charge in [0, 0.05) is 31.0 Å². The molecule has 1 fully saturated rings. The first-order valence-electron chi connectivity index (χ1n) is 9.53. The van der Waals surface area contributed by atoms with E-state index in [1.165, 1.54) is 0 Å². The van der Waals surface area contributed by atoms with Crippen LogP contribution in [-0.4, -0.2) is 29.5 Å². The van der Waals surface area contributed by atoms with E-state index in [4.69, 9.17) is 4.74 Å². The maximum atomic E-state index is 12.9. The molecule has 1 aliphatic heterocycles. The Morgan fingerprint density at radius 1 is 1.04 bits per heavy atom. The summed E-state index contributed by atoms with van der Waals surface area (Å²) in [5.74, 6) is -0.0392. The van der Waals surface area contributed by atoms with Crippen LogP contribution in [0.5, 0.6) is 0 Å². The van der Waals surface area contributed by atoms with Crippen LogP contribution in [0, 0.1) is 5.92 Å². The Kier molecular flexibility index (Phi) is 5.47. The monoisotopic (exact) mass is 351 g/mol. The van der Waals surface area contributed by atoms with Crippen molar-refractivity contribution in [3.8, 4) is 0 Å². The molecule has 0 amide bonds. The minimum Gasteiger partial charge on any atom is -0.450 e. The van der Waals surface area contributed by atoms with Crippen LogP contribution in [0.3, 0.4) is 0 Å². The highest BCUT2D eigenvalue weighted by atomic mass is 16.6. The summed E-state index contributed by atoms with van der Waals surface area (Å²) in [6, 6.07) is 20.4. The second-order valence-electron chi connectivity index (χ2n) is 7.76. The summed E-state index contributed by atoms with van der Waals surface area (Å²) in [6.45, 7) is 9.81. The number of likely N-dealkylation sites (tertiary alicyclic amines) is 1. The fourth-order valence-electron chi connectivity index (χ4n) is 4.24. The maximum absolute atomic E-state index is 12.9. The molecule has 3 rings (SSSR count). The lowest BCUT2D eigenvalue weighted by atomic mass is 9.73. The molecule has 0 radical (unpaired) electrons. The van der Waals surface area contributed by atoms with Gasteiger partial charge in [0.1, 0.15) is 5.60 Å². The summed E-state index contributed by atoms with van der Waals surface area (Å²) in [5.41, 5.74) is 1.10. The summed E-state index contributed by atoms with van der Waals surface area (Å²) in [5, 5.41) is 0. The molecule has 0 aromatic heterocycles. The Morgan fingerprint density at radius 2 is 1.62 bits per heavy atom. The van der Waals surface area contributed by atoms with Gasteiger partial charge in [0.25, 0.3) is 0 Å². The van der Waals surface area contributed by atoms with Crippen LogP contribution >= 0.6 is 0 Å². The standard InChI is InChI=1S/C23H29NO2/c1-17(2)24-16-18(3)23(15-19(24)4,21-13-9-6-10-14-21)26-22(25)20-11-7-5-8-12-20/h5-14,17-19H,15-16H2,1-4H3/t18-,19-,23-/m1/s1. The number of esters is 1. The SMILES string of the molecule is CC(C)N1C[C@@H](C)[C@@](OC(=O)c2ccccc2)(c2ccccc2)C[C@H]1C. The zero-order valence-corrected chi connectivity index (χ0v) is 16.2. The van der Waals surface area contributed by atoms with Gasteiger partial charge >= 0.3 is 5.97 Å². The Morgan fingerprint density at radius 3 is 2.19 bits per heavy atom. The largest absolute Gasteiger partial charge is 0.450 e. The fourth-order valence-corrected chi connectivity index (χ4v) is 4.24. The van der Waals surface area contributed by atoms with Crippen LogP contribution in [0.1, 0.15) is 50.0 Å². The predicted octanol–water partition coefficient (Wildman–Crippen LogP) is 4.88. The maximum Gasteiger partial charge on any atom is 0.339 e. The number of hydrogen-bond donors (Lipinski definition) is 0. The van der Waals surface area contributed by atoms with Crippen LogP contribution in [0.25, 0.3) is 0 Å². The number of benzene rings is 2. The lowest BCUT2D eigenvalue weighted by Crippen LogP contribution is -2.56. The van der Waals surface area contributed by atoms with E-state index >= 15 is 0 Å². The van der Waals surface area contributed by atoms with Crippen molar-refractivity contribution < 1.29 is 9.53 Å². The van der Waals surface area contributed by atoms with Gasteiger partial charge in [-0.2, -0.15) is 0 Å². The molecule has 26 heavy (non-hydrogen) atoms. The third-order valence-electron chi connectivity index (χ3n) is 5.66. The van der Waals surface area contributed by atoms with Gasteiger partial charge in [-0.15, -0.1) is 0 Å². The molecular weight excluding hydrogens is 322 g/mol. The topological polar surface area (TPSA) is 29.5 Å². The molecule has 3 nitrogen and oxygen atoms in total. The van der Waals surface area contributed by atoms with Crippen molar-refractivity contribution in [1.82, 2.24) is 4.90 Å². The molecule has 0 unspecified atom stereocenters. The molecule has 2 aromatic carbocycles. The molecule has 138 valence electrons. The van der Waals surface area contributed by atoms with Crippen molar-refractivity contribution in [2.24, 2.45) is 5.92 Å². The van der Waals surface area contributed by atoms with Crippen LogP contribution in [0.2, 0.25) is 0 Å². The van der Waals surface area contributed by atoms with Crippen molar-refractivity contribution in [2.75, 3.05) is 6.54 Å². The van der Waals surface area contributed by atoms with Gasteiger partial charge in [-0.25, -0.2) is 4.79 Å². The van der Waals surface area contributed by atoms with Gasteiger partial charge in [0.15, 0.2) is 0 Å². The molecule has 2 aromatic rings. The smallest absolute Gasteiger partial charge is 0.339 e. The van der Waals surface area contributed by atoms with Crippen molar-refractivity contribution >= 4 is 5.97 Å². The lowest BCUT2D eigenvalue weighted by molar-refractivity contribution is -0.109. The van der Waals surface area contributed by atoms with Crippen LogP contribution < -0.4 is 0 Å². The highest BCUT2D eigenvalue weighted by molar-refractivity contribution is 5.89. The van der Waals surface area contributed by atoms with E-state index in [9.17, 15) is 4.79 Å². The third kappa shape index (κ3) is 3.54. The van der Waals surface area contributed by atoms with E-state index in [2.05, 4.69) is 44.7 Å². The summed E-state index contributed by atoms with van der Waals surface area (Å²) in [6.07, 6.45) is 0.801. The van der Waals surface area contributed by atoms with E-state index in [1.54, 1.807) is 0 Å². The summed E-state index contributed by atoms with van der Waals surface area (Å²) < 4.78 is 6.30. The van der Waals surface area contributed by atoms with E-state index in [1.807, 2.05) is 48.5 Å². The zero-order chi connectivity index (χ0) is 18.7. The first-order valence-corrected chi connectivity index (χ1v) is 9.53. The number of nitrogens with zero attached hydrogens (tertiary/aromatic N) is 1. The van der Waals surface area contributed by atoms with Gasteiger partial charge in [0.2, 0.25) is 0 Å². The average molecular weight is 351 g/mol. The fraction of sp³-hybridized carbons (Fsp3) is 0.435. The first-order chi connectivity index (χ1) is 12.4. The molecule has 0 bridgehead atoms. The Labute approximate surface area is 157 Å². The quantitative estimate of drug-likeness (QED) is 0.736. The molecule has 0 aliphatic carbocycles. The molecule has 3 atom stereocenters. The molecule has 1 saturated heterocycles. The van der Waals surface area contributed by atoms with Crippen LogP contribution in [-0.2, 0) is 10.3 Å². The molecule has 1 heterocycles. The van der Waals surface area contributed by atoms with E-state index in [0.717, 1.165) is 18.5 Å². The number of carbonyl (C=O) groups is 1. The number of ether oxygens (including phenoxy) is 1. The van der Waals surface area contributed by atoms with Crippen LogP contribution in [0.4, 0.5) is 0 Å². The summed E-state index contributed by atoms with van der Waals surface area (Å²) >= 11 is 0. The number of hydrogen-bond acceptors (Lipinski definition) is 3. The Hall–Kier alpha value is -2.13. The van der Waals surface area contributed by atoms with Crippen molar-refractivity contribution in [3.63, 3.8) is 0 Å². The molecule has 0 N–H and O–H groups in total. The van der Waals surface area contributed by atoms with E-state index in [0.29, 0.717) is 17.6 Å². The number of carbonyl (C=O) groups excluding carboxylic acids is 1. The van der Waals surface area contributed by atoms with E-state index in [-0.39, 0.29) is 11.9 Å². The molecule has 0 spiro atoms. The predicted molar refractivity (Wildman–Crippen MR) is 105 cm³/mol. The van der Waals surface area contributed by atoms with Crippen molar-refractivity contribution in [1.29, 1.82) is 0 Å². The van der Waals surface area contributed by atoms with Crippen molar-refractivity contribution in [3.05, 3.63) is 71.8 Å². The third-order valence-corrected chi connectivity index (χ3v) is 5.66. The minimum atomic E-state index is -0.598. The second-order valence-corrected chi connectivity index (χ2v) is 7.76. The zero-order valence-electron chi connectivity index (χ0n) is 16.2. The molecule has 1 aliphatic rings. The van der Waals surface area contributed by atoms with E-state index < -0.39 is 5.60 Å². The average Bonchev–Trinajstić information content (AvgIpc) is 2.65. The summed E-state index contributed by atoms with van der Waals surface area (Å²) in [4.78, 5) is 15.4. The van der Waals surface area contributed by atoms with Gasteiger partial charge in [-0.3, -0.25) is 4.90 Å². The second kappa shape index (κ2) is 7.63. The van der Waals surface area contributed by atoms with Crippen LogP contribution in [0.15, 0.2) is 60.7 Å². The number of piperidine rings is 1. The van der Waals surface area contributed by atoms with Gasteiger partial charge in [-0.05, 0) is 38.5 Å². The molecule has 3 heteroatoms. The normalized spacial score (nSPS) is 26.7. The minimum absolute atomic E-state index is 0.205. The summed E-state index contributed by atoms with van der Waals surface area (Å²) in [7, 11) is 0. The highest BCUT2D eigenvalue weighted by Gasteiger charge is 2.48. The first kappa shape index (κ1) is 18.7. The Balaban J connectivity index is 1.97. The van der Waals surface area contributed by atoms with Gasteiger partial charge in [-0.1, -0.05) is 55.5 Å². The number of rotatable bonds is 4. The molecule has 0 saturated carbocycles. The lowest BCUT2D eigenvalue weighted by Gasteiger charge is -2.50. The highest BCUT2D eigenvalue weighted by Crippen LogP contribution is 2.44.